The van der Waals surface area contributed by atoms with Gasteiger partial charge in [0.2, 0.25) is 5.88 Å². The van der Waals surface area contributed by atoms with Crippen LogP contribution in [-0.2, 0) is 11.3 Å². The van der Waals surface area contributed by atoms with Crippen molar-refractivity contribution in [2.75, 3.05) is 13.1 Å². The zero-order valence-electron chi connectivity index (χ0n) is 20.7. The highest BCUT2D eigenvalue weighted by Crippen LogP contribution is 2.29. The number of nitrogens with zero attached hydrogens (tertiary/aromatic N) is 3. The Balaban J connectivity index is 1.34. The van der Waals surface area contributed by atoms with Crippen molar-refractivity contribution < 1.29 is 23.5 Å². The molecule has 0 unspecified atom stereocenters. The van der Waals surface area contributed by atoms with Gasteiger partial charge in [-0.25, -0.2) is 14.2 Å². The third-order valence-electron chi connectivity index (χ3n) is 5.92. The second-order valence-corrected chi connectivity index (χ2v) is 9.81. The number of likely N-dealkylation sites (tertiary alicyclic amines) is 1. The van der Waals surface area contributed by atoms with E-state index in [9.17, 15) is 14.0 Å². The van der Waals surface area contributed by atoms with E-state index in [0.717, 1.165) is 18.5 Å². The first-order chi connectivity index (χ1) is 17.2. The van der Waals surface area contributed by atoms with Gasteiger partial charge in [-0.2, -0.15) is 0 Å². The molecule has 3 aromatic rings. The summed E-state index contributed by atoms with van der Waals surface area (Å²) in [7, 11) is 0. The van der Waals surface area contributed by atoms with Crippen LogP contribution in [0.4, 0.5) is 9.18 Å². The Bertz CT molecular complexity index is 1220. The number of pyridine rings is 2. The van der Waals surface area contributed by atoms with E-state index in [1.165, 1.54) is 12.3 Å². The molecule has 1 aliphatic rings. The number of aromatic nitrogens is 2. The summed E-state index contributed by atoms with van der Waals surface area (Å²) in [6.45, 7) is 6.75. The fourth-order valence-corrected chi connectivity index (χ4v) is 4.04. The summed E-state index contributed by atoms with van der Waals surface area (Å²) in [6.07, 6.45) is 4.29. The first-order valence-electron chi connectivity index (χ1n) is 12.0. The quantitative estimate of drug-likeness (QED) is 0.421. The molecule has 0 spiro atoms. The number of carbonyl (C=O) groups is 2. The van der Waals surface area contributed by atoms with Gasteiger partial charge in [0, 0.05) is 59.9 Å². The second kappa shape index (κ2) is 10.8. The summed E-state index contributed by atoms with van der Waals surface area (Å²) in [6, 6.07) is 13.2. The molecule has 8 heteroatoms. The van der Waals surface area contributed by atoms with E-state index in [4.69, 9.17) is 9.47 Å². The number of piperidine rings is 1. The Morgan fingerprint density at radius 1 is 1.06 bits per heavy atom. The number of ether oxygens (including phenoxy) is 2. The lowest BCUT2D eigenvalue weighted by Crippen LogP contribution is -2.41. The van der Waals surface area contributed by atoms with Crippen LogP contribution in [0.5, 0.6) is 5.88 Å². The minimum atomic E-state index is -0.518. The monoisotopic (exact) mass is 491 g/mol. The molecule has 2 aromatic heterocycles. The van der Waals surface area contributed by atoms with E-state index in [1.807, 2.05) is 32.9 Å². The topological polar surface area (TPSA) is 81.6 Å². The lowest BCUT2D eigenvalue weighted by atomic mass is 9.93. The number of carbonyl (C=O) groups excluding carboxylic acids is 2. The largest absolute Gasteiger partial charge is 0.473 e. The Morgan fingerprint density at radius 3 is 2.50 bits per heavy atom. The molecule has 36 heavy (non-hydrogen) atoms. The number of hydrogen-bond acceptors (Lipinski definition) is 6. The molecule has 0 N–H and O–H groups in total. The third kappa shape index (κ3) is 6.44. The smallest absolute Gasteiger partial charge is 0.410 e. The molecule has 0 bridgehead atoms. The van der Waals surface area contributed by atoms with Crippen molar-refractivity contribution in [1.29, 1.82) is 0 Å². The first kappa shape index (κ1) is 25.3. The van der Waals surface area contributed by atoms with Crippen molar-refractivity contribution >= 4 is 11.9 Å². The molecule has 1 aliphatic heterocycles. The minimum Gasteiger partial charge on any atom is -0.473 e. The Labute approximate surface area is 210 Å². The van der Waals surface area contributed by atoms with E-state index >= 15 is 0 Å². The summed E-state index contributed by atoms with van der Waals surface area (Å²) >= 11 is 0. The zero-order chi connectivity index (χ0) is 25.7. The van der Waals surface area contributed by atoms with Crippen LogP contribution >= 0.6 is 0 Å². The van der Waals surface area contributed by atoms with Gasteiger partial charge in [0.05, 0.1) is 0 Å². The zero-order valence-corrected chi connectivity index (χ0v) is 20.7. The van der Waals surface area contributed by atoms with Crippen LogP contribution in [0.1, 0.15) is 66.7 Å². The van der Waals surface area contributed by atoms with E-state index in [0.29, 0.717) is 30.1 Å². The van der Waals surface area contributed by atoms with Crippen molar-refractivity contribution in [2.24, 2.45) is 0 Å². The van der Waals surface area contributed by atoms with E-state index in [2.05, 4.69) is 9.97 Å². The van der Waals surface area contributed by atoms with Crippen molar-refractivity contribution in [3.05, 3.63) is 89.1 Å². The van der Waals surface area contributed by atoms with Gasteiger partial charge in [-0.05, 0) is 57.9 Å². The molecule has 1 amide bonds. The van der Waals surface area contributed by atoms with E-state index in [1.54, 1.807) is 41.4 Å². The summed E-state index contributed by atoms with van der Waals surface area (Å²) in [5, 5.41) is 0. The molecular weight excluding hydrogens is 461 g/mol. The molecule has 4 rings (SSSR count). The highest BCUT2D eigenvalue weighted by atomic mass is 19.1. The van der Waals surface area contributed by atoms with Gasteiger partial charge >= 0.3 is 6.09 Å². The number of amides is 1. The van der Waals surface area contributed by atoms with Crippen LogP contribution in [0.15, 0.2) is 60.9 Å². The molecule has 0 atom stereocenters. The molecular formula is C28H30FN3O4. The summed E-state index contributed by atoms with van der Waals surface area (Å²) < 4.78 is 25.9. The molecule has 3 heterocycles. The van der Waals surface area contributed by atoms with Crippen LogP contribution in [0.25, 0.3) is 0 Å². The van der Waals surface area contributed by atoms with Crippen LogP contribution in [-0.4, -0.2) is 45.4 Å². The molecule has 1 fully saturated rings. The van der Waals surface area contributed by atoms with Crippen LogP contribution < -0.4 is 4.74 Å². The fraction of sp³-hybridized carbons (Fsp3) is 0.357. The Morgan fingerprint density at radius 2 is 1.83 bits per heavy atom. The Kier molecular flexibility index (Phi) is 7.62. The minimum absolute atomic E-state index is 0.0132. The van der Waals surface area contributed by atoms with Gasteiger partial charge in [-0.3, -0.25) is 9.78 Å². The maximum Gasteiger partial charge on any atom is 0.410 e. The number of halogens is 1. The van der Waals surface area contributed by atoms with Gasteiger partial charge < -0.3 is 14.4 Å². The predicted molar refractivity (Wildman–Crippen MR) is 132 cm³/mol. The third-order valence-corrected chi connectivity index (χ3v) is 5.92. The standard InChI is InChI=1S/C28H30FN3O4/c1-28(2,3)36-27(34)32-14-11-19(12-15-32)24-7-4-8-25(31-24)35-18-22-10-9-20(16-23(22)29)26(33)21-6-5-13-30-17-21/h4-10,13,16-17,19H,11-12,14-15,18H2,1-3H3. The maximum absolute atomic E-state index is 14.7. The molecule has 7 nitrogen and oxygen atoms in total. The van der Waals surface area contributed by atoms with Crippen molar-refractivity contribution in [1.82, 2.24) is 14.9 Å². The summed E-state index contributed by atoms with van der Waals surface area (Å²) in [5.41, 5.74) is 1.35. The SMILES string of the molecule is CC(C)(C)OC(=O)N1CCC(c2cccc(OCc3ccc(C(=O)c4cccnc4)cc3F)n2)CC1. The summed E-state index contributed by atoms with van der Waals surface area (Å²) in [5.74, 6) is -0.212. The van der Waals surface area contributed by atoms with E-state index < -0.39 is 11.4 Å². The fourth-order valence-electron chi connectivity index (χ4n) is 4.04. The molecule has 188 valence electrons. The number of hydrogen-bond donors (Lipinski definition) is 0. The van der Waals surface area contributed by atoms with E-state index in [-0.39, 0.29) is 30.0 Å². The molecule has 0 aliphatic carbocycles. The molecule has 1 saturated heterocycles. The Hall–Kier alpha value is -3.81. The normalized spacial score (nSPS) is 14.4. The second-order valence-electron chi connectivity index (χ2n) is 9.81. The van der Waals surface area contributed by atoms with Crippen LogP contribution in [0, 0.1) is 5.82 Å². The average Bonchev–Trinajstić information content (AvgIpc) is 2.87. The lowest BCUT2D eigenvalue weighted by molar-refractivity contribution is 0.0203. The van der Waals surface area contributed by atoms with Gasteiger partial charge in [0.25, 0.3) is 0 Å². The first-order valence-corrected chi connectivity index (χ1v) is 12.0. The number of ketones is 1. The van der Waals surface area contributed by atoms with Gasteiger partial charge in [-0.15, -0.1) is 0 Å². The highest BCUT2D eigenvalue weighted by Gasteiger charge is 2.28. The number of benzene rings is 1. The predicted octanol–water partition coefficient (Wildman–Crippen LogP) is 5.54. The molecule has 0 saturated carbocycles. The maximum atomic E-state index is 14.7. The van der Waals surface area contributed by atoms with Crippen LogP contribution in [0.2, 0.25) is 0 Å². The molecule has 0 radical (unpaired) electrons. The van der Waals surface area contributed by atoms with Crippen LogP contribution in [0.3, 0.4) is 0 Å². The van der Waals surface area contributed by atoms with Crippen molar-refractivity contribution in [3.63, 3.8) is 0 Å². The van der Waals surface area contributed by atoms with Crippen molar-refractivity contribution in [2.45, 2.75) is 51.7 Å². The van der Waals surface area contributed by atoms with Gasteiger partial charge in [0.1, 0.15) is 18.0 Å². The summed E-state index contributed by atoms with van der Waals surface area (Å²) in [4.78, 5) is 35.1. The van der Waals surface area contributed by atoms with Crippen molar-refractivity contribution in [3.8, 4) is 5.88 Å². The molecule has 1 aromatic carbocycles. The average molecular weight is 492 g/mol. The lowest BCUT2D eigenvalue weighted by Gasteiger charge is -2.33. The van der Waals surface area contributed by atoms with Gasteiger partial charge in [0.15, 0.2) is 5.78 Å². The van der Waals surface area contributed by atoms with Gasteiger partial charge in [-0.1, -0.05) is 18.2 Å². The number of rotatable bonds is 6. The highest BCUT2D eigenvalue weighted by molar-refractivity contribution is 6.08.